The third-order valence-electron chi connectivity index (χ3n) is 3.29. The second kappa shape index (κ2) is 7.96. The van der Waals surface area contributed by atoms with E-state index >= 15 is 0 Å². The molecule has 0 spiro atoms. The Morgan fingerprint density at radius 1 is 1.32 bits per heavy atom. The number of thiophene rings is 1. The smallest absolute Gasteiger partial charge is 0.267 e. The fraction of sp³-hybridized carbons (Fsp3) is 0.353. The third kappa shape index (κ3) is 3.87. The van der Waals surface area contributed by atoms with Crippen LogP contribution in [0.25, 0.3) is 10.4 Å². The van der Waals surface area contributed by atoms with Gasteiger partial charge < -0.3 is 15.0 Å². The monoisotopic (exact) mass is 318 g/mol. The van der Waals surface area contributed by atoms with Crippen LogP contribution in [0, 0.1) is 0 Å². The molecule has 1 amide bonds. The number of nitrogens with one attached hydrogen (secondary N) is 1. The van der Waals surface area contributed by atoms with E-state index in [1.54, 1.807) is 4.90 Å². The highest BCUT2D eigenvalue weighted by molar-refractivity contribution is 7.17. The van der Waals surface area contributed by atoms with E-state index in [-0.39, 0.29) is 5.91 Å². The number of rotatable bonds is 7. The molecule has 4 nitrogen and oxygen atoms in total. The SMILES string of the molecule is CCOc1cc(-c2ccccc2)sc1C(=O)N(C)CCNC. The summed E-state index contributed by atoms with van der Waals surface area (Å²) in [4.78, 5) is 16.1. The summed E-state index contributed by atoms with van der Waals surface area (Å²) in [6.45, 7) is 3.91. The van der Waals surface area contributed by atoms with E-state index in [1.165, 1.54) is 11.3 Å². The molecule has 0 aliphatic carbocycles. The molecule has 1 N–H and O–H groups in total. The van der Waals surface area contributed by atoms with Crippen molar-refractivity contribution < 1.29 is 9.53 Å². The Morgan fingerprint density at radius 2 is 2.05 bits per heavy atom. The molecule has 0 bridgehead atoms. The lowest BCUT2D eigenvalue weighted by Gasteiger charge is -2.16. The molecule has 2 aromatic rings. The Balaban J connectivity index is 2.29. The quantitative estimate of drug-likeness (QED) is 0.853. The van der Waals surface area contributed by atoms with Gasteiger partial charge in [0.25, 0.3) is 5.91 Å². The van der Waals surface area contributed by atoms with Crippen LogP contribution >= 0.6 is 11.3 Å². The van der Waals surface area contributed by atoms with Gasteiger partial charge in [0, 0.05) is 25.0 Å². The minimum Gasteiger partial charge on any atom is -0.492 e. The molecule has 0 unspecified atom stereocenters. The van der Waals surface area contributed by atoms with Gasteiger partial charge in [-0.1, -0.05) is 30.3 Å². The van der Waals surface area contributed by atoms with E-state index in [1.807, 2.05) is 57.4 Å². The van der Waals surface area contributed by atoms with Crippen molar-refractivity contribution >= 4 is 17.2 Å². The van der Waals surface area contributed by atoms with Gasteiger partial charge in [-0.3, -0.25) is 4.79 Å². The molecule has 0 saturated carbocycles. The highest BCUT2D eigenvalue weighted by Crippen LogP contribution is 2.36. The number of carbonyl (C=O) groups excluding carboxylic acids is 1. The summed E-state index contributed by atoms with van der Waals surface area (Å²) >= 11 is 1.49. The Labute approximate surface area is 135 Å². The summed E-state index contributed by atoms with van der Waals surface area (Å²) in [6.07, 6.45) is 0. The van der Waals surface area contributed by atoms with Gasteiger partial charge in [-0.2, -0.15) is 0 Å². The maximum atomic E-state index is 12.6. The maximum Gasteiger partial charge on any atom is 0.267 e. The van der Waals surface area contributed by atoms with Crippen molar-refractivity contribution in [2.45, 2.75) is 6.92 Å². The Kier molecular flexibility index (Phi) is 5.98. The minimum atomic E-state index is 0.00545. The van der Waals surface area contributed by atoms with Crippen LogP contribution in [0.2, 0.25) is 0 Å². The van der Waals surface area contributed by atoms with Crippen LogP contribution in [0.5, 0.6) is 5.75 Å². The number of amides is 1. The number of likely N-dealkylation sites (N-methyl/N-ethyl adjacent to an activating group) is 2. The van der Waals surface area contributed by atoms with Crippen molar-refractivity contribution in [1.29, 1.82) is 0 Å². The first kappa shape index (κ1) is 16.5. The fourth-order valence-corrected chi connectivity index (χ4v) is 3.19. The Bertz CT molecular complexity index is 610. The zero-order chi connectivity index (χ0) is 15.9. The van der Waals surface area contributed by atoms with Crippen molar-refractivity contribution in [3.63, 3.8) is 0 Å². The van der Waals surface area contributed by atoms with Crippen molar-refractivity contribution in [2.75, 3.05) is 33.8 Å². The summed E-state index contributed by atoms with van der Waals surface area (Å²) in [5.74, 6) is 0.679. The van der Waals surface area contributed by atoms with Crippen molar-refractivity contribution in [1.82, 2.24) is 10.2 Å². The van der Waals surface area contributed by atoms with E-state index in [0.29, 0.717) is 23.8 Å². The molecule has 0 fully saturated rings. The van der Waals surface area contributed by atoms with E-state index in [4.69, 9.17) is 4.74 Å². The molecular formula is C17H22N2O2S. The predicted octanol–water partition coefficient (Wildman–Crippen LogP) is 3.11. The van der Waals surface area contributed by atoms with E-state index in [2.05, 4.69) is 5.32 Å². The molecule has 1 heterocycles. The average Bonchev–Trinajstić information content (AvgIpc) is 2.97. The normalized spacial score (nSPS) is 10.5. The lowest BCUT2D eigenvalue weighted by atomic mass is 10.2. The van der Waals surface area contributed by atoms with Gasteiger partial charge in [-0.15, -0.1) is 11.3 Å². The molecule has 1 aromatic heterocycles. The fourth-order valence-electron chi connectivity index (χ4n) is 2.09. The second-order valence-corrected chi connectivity index (χ2v) is 5.99. The van der Waals surface area contributed by atoms with Gasteiger partial charge >= 0.3 is 0 Å². The largest absolute Gasteiger partial charge is 0.492 e. The zero-order valence-electron chi connectivity index (χ0n) is 13.3. The third-order valence-corrected chi connectivity index (χ3v) is 4.45. The van der Waals surface area contributed by atoms with E-state index in [0.717, 1.165) is 17.0 Å². The molecule has 118 valence electrons. The number of hydrogen-bond donors (Lipinski definition) is 1. The summed E-state index contributed by atoms with van der Waals surface area (Å²) in [5, 5.41) is 3.05. The first-order valence-corrected chi connectivity index (χ1v) is 8.21. The van der Waals surface area contributed by atoms with Crippen LogP contribution in [0.3, 0.4) is 0 Å². The van der Waals surface area contributed by atoms with Crippen molar-refractivity contribution in [2.24, 2.45) is 0 Å². The van der Waals surface area contributed by atoms with Crippen molar-refractivity contribution in [3.8, 4) is 16.2 Å². The van der Waals surface area contributed by atoms with Crippen LogP contribution in [0.1, 0.15) is 16.6 Å². The van der Waals surface area contributed by atoms with Gasteiger partial charge in [0.2, 0.25) is 0 Å². The standard InChI is InChI=1S/C17H22N2O2S/c1-4-21-14-12-15(13-8-6-5-7-9-13)22-16(14)17(20)19(3)11-10-18-2/h5-9,12,18H,4,10-11H2,1-3H3. The molecule has 0 atom stereocenters. The van der Waals surface area contributed by atoms with E-state index in [9.17, 15) is 4.79 Å². The molecule has 0 aliphatic rings. The van der Waals surface area contributed by atoms with Gasteiger partial charge in [0.15, 0.2) is 0 Å². The Hall–Kier alpha value is -1.85. The van der Waals surface area contributed by atoms with Gasteiger partial charge in [-0.25, -0.2) is 0 Å². The van der Waals surface area contributed by atoms with Gasteiger partial charge in [-0.05, 0) is 25.6 Å². The Morgan fingerprint density at radius 3 is 2.68 bits per heavy atom. The molecule has 0 saturated heterocycles. The highest BCUT2D eigenvalue weighted by atomic mass is 32.1. The number of hydrogen-bond acceptors (Lipinski definition) is 4. The average molecular weight is 318 g/mol. The molecule has 0 radical (unpaired) electrons. The number of nitrogens with zero attached hydrogens (tertiary/aromatic N) is 1. The summed E-state index contributed by atoms with van der Waals surface area (Å²) in [5.41, 5.74) is 1.10. The first-order chi connectivity index (χ1) is 10.7. The lowest BCUT2D eigenvalue weighted by molar-refractivity contribution is 0.0798. The molecule has 5 heteroatoms. The lowest BCUT2D eigenvalue weighted by Crippen LogP contribution is -2.32. The summed E-state index contributed by atoms with van der Waals surface area (Å²) in [6, 6.07) is 12.0. The zero-order valence-corrected chi connectivity index (χ0v) is 14.1. The van der Waals surface area contributed by atoms with Crippen LogP contribution in [-0.4, -0.2) is 44.6 Å². The molecule has 0 aliphatic heterocycles. The second-order valence-electron chi connectivity index (χ2n) is 4.93. The molecule has 2 rings (SSSR count). The number of ether oxygens (including phenoxy) is 1. The van der Waals surface area contributed by atoms with E-state index < -0.39 is 0 Å². The molecule has 22 heavy (non-hydrogen) atoms. The number of benzene rings is 1. The van der Waals surface area contributed by atoms with Crippen LogP contribution in [-0.2, 0) is 0 Å². The minimum absolute atomic E-state index is 0.00545. The first-order valence-electron chi connectivity index (χ1n) is 7.39. The number of carbonyl (C=O) groups is 1. The summed E-state index contributed by atoms with van der Waals surface area (Å²) < 4.78 is 5.66. The van der Waals surface area contributed by atoms with Gasteiger partial charge in [0.05, 0.1) is 6.61 Å². The topological polar surface area (TPSA) is 41.6 Å². The molecule has 1 aromatic carbocycles. The van der Waals surface area contributed by atoms with Crippen LogP contribution in [0.4, 0.5) is 0 Å². The maximum absolute atomic E-state index is 12.6. The summed E-state index contributed by atoms with van der Waals surface area (Å²) in [7, 11) is 3.69. The van der Waals surface area contributed by atoms with Gasteiger partial charge in [0.1, 0.15) is 10.6 Å². The predicted molar refractivity (Wildman–Crippen MR) is 91.8 cm³/mol. The highest BCUT2D eigenvalue weighted by Gasteiger charge is 2.21. The van der Waals surface area contributed by atoms with Crippen LogP contribution in [0.15, 0.2) is 36.4 Å². The van der Waals surface area contributed by atoms with Crippen LogP contribution < -0.4 is 10.1 Å². The molecular weight excluding hydrogens is 296 g/mol. The van der Waals surface area contributed by atoms with Crippen molar-refractivity contribution in [3.05, 3.63) is 41.3 Å².